The van der Waals surface area contributed by atoms with Crippen LogP contribution in [0.2, 0.25) is 0 Å². The first-order chi connectivity index (χ1) is 12.3. The average Bonchev–Trinajstić information content (AvgIpc) is 2.50. The summed E-state index contributed by atoms with van der Waals surface area (Å²) in [5, 5.41) is 0. The lowest BCUT2D eigenvalue weighted by atomic mass is 9.80. The first kappa shape index (κ1) is 23.2. The minimum atomic E-state index is -0.699. The van der Waals surface area contributed by atoms with Crippen molar-refractivity contribution in [1.82, 2.24) is 4.90 Å². The van der Waals surface area contributed by atoms with Crippen molar-refractivity contribution < 1.29 is 28.6 Å². The Hall–Kier alpha value is -1.79. The van der Waals surface area contributed by atoms with Crippen LogP contribution >= 0.6 is 0 Å². The van der Waals surface area contributed by atoms with Crippen molar-refractivity contribution in [1.29, 1.82) is 0 Å². The third kappa shape index (κ3) is 9.11. The molecule has 0 aromatic carbocycles. The SMILES string of the molecule is COC(=O)CC1CCC(CN(C(=O)OC(C)(C)C)C(=O)OC(C)(C)C)CC1. The number of carbonyl (C=O) groups excluding carboxylic acids is 3. The number of ether oxygens (including phenoxy) is 3. The van der Waals surface area contributed by atoms with Gasteiger partial charge in [-0.3, -0.25) is 4.79 Å². The van der Waals surface area contributed by atoms with E-state index in [9.17, 15) is 14.4 Å². The Bertz CT molecular complexity index is 496. The quantitative estimate of drug-likeness (QED) is 0.522. The van der Waals surface area contributed by atoms with Gasteiger partial charge in [-0.15, -0.1) is 0 Å². The molecule has 0 radical (unpaired) electrons. The monoisotopic (exact) mass is 385 g/mol. The van der Waals surface area contributed by atoms with Gasteiger partial charge in [-0.2, -0.15) is 0 Å². The first-order valence-corrected chi connectivity index (χ1v) is 9.61. The fourth-order valence-electron chi connectivity index (χ4n) is 3.05. The van der Waals surface area contributed by atoms with Gasteiger partial charge in [-0.05, 0) is 79.1 Å². The zero-order valence-corrected chi connectivity index (χ0v) is 17.8. The molecule has 0 heterocycles. The van der Waals surface area contributed by atoms with Crippen molar-refractivity contribution in [2.24, 2.45) is 11.8 Å². The molecule has 0 aliphatic heterocycles. The second-order valence-electron chi connectivity index (χ2n) is 9.24. The maximum absolute atomic E-state index is 12.6. The van der Waals surface area contributed by atoms with E-state index >= 15 is 0 Å². The second-order valence-corrected chi connectivity index (χ2v) is 9.24. The molecule has 1 rings (SSSR count). The van der Waals surface area contributed by atoms with Crippen LogP contribution in [0.4, 0.5) is 9.59 Å². The Morgan fingerprint density at radius 3 is 1.59 bits per heavy atom. The van der Waals surface area contributed by atoms with E-state index in [1.807, 2.05) is 0 Å². The molecule has 7 nitrogen and oxygen atoms in total. The number of imide groups is 1. The number of nitrogens with zero attached hydrogens (tertiary/aromatic N) is 1. The van der Waals surface area contributed by atoms with E-state index in [4.69, 9.17) is 14.2 Å². The molecular formula is C20H35NO6. The standard InChI is InChI=1S/C20H35NO6/c1-19(2,3)26-17(23)21(18(24)27-20(4,5)6)13-15-10-8-14(9-11-15)12-16(22)25-7/h14-15H,8-13H2,1-7H3. The van der Waals surface area contributed by atoms with Gasteiger partial charge in [0.2, 0.25) is 0 Å². The summed E-state index contributed by atoms with van der Waals surface area (Å²) in [6.45, 7) is 10.8. The van der Waals surface area contributed by atoms with Gasteiger partial charge in [0, 0.05) is 13.0 Å². The Labute approximate surface area is 162 Å². The Morgan fingerprint density at radius 1 is 0.815 bits per heavy atom. The lowest BCUT2D eigenvalue weighted by Gasteiger charge is -2.33. The lowest BCUT2D eigenvalue weighted by Crippen LogP contribution is -2.46. The highest BCUT2D eigenvalue weighted by Crippen LogP contribution is 2.32. The molecule has 0 atom stereocenters. The van der Waals surface area contributed by atoms with E-state index in [0.717, 1.165) is 30.6 Å². The van der Waals surface area contributed by atoms with Crippen molar-refractivity contribution in [2.45, 2.75) is 84.8 Å². The molecule has 0 aromatic rings. The molecule has 2 amide bonds. The molecule has 0 bridgehead atoms. The van der Waals surface area contributed by atoms with E-state index in [-0.39, 0.29) is 18.4 Å². The number of methoxy groups -OCH3 is 1. The third-order valence-electron chi connectivity index (χ3n) is 4.32. The van der Waals surface area contributed by atoms with Crippen molar-refractivity contribution in [3.8, 4) is 0 Å². The molecular weight excluding hydrogens is 350 g/mol. The minimum Gasteiger partial charge on any atom is -0.469 e. The Morgan fingerprint density at radius 2 is 1.22 bits per heavy atom. The molecule has 1 aliphatic carbocycles. The number of carbonyl (C=O) groups is 3. The van der Waals surface area contributed by atoms with Crippen LogP contribution in [0.1, 0.15) is 73.6 Å². The van der Waals surface area contributed by atoms with Crippen LogP contribution in [-0.4, -0.2) is 47.9 Å². The van der Waals surface area contributed by atoms with Crippen LogP contribution in [0, 0.1) is 11.8 Å². The smallest absolute Gasteiger partial charge is 0.419 e. The summed E-state index contributed by atoms with van der Waals surface area (Å²) in [5.41, 5.74) is -1.40. The normalized spacial score (nSPS) is 20.6. The van der Waals surface area contributed by atoms with Crippen LogP contribution in [0.3, 0.4) is 0 Å². The fourth-order valence-corrected chi connectivity index (χ4v) is 3.05. The maximum atomic E-state index is 12.6. The summed E-state index contributed by atoms with van der Waals surface area (Å²) in [6, 6.07) is 0. The number of esters is 1. The number of rotatable bonds is 4. The molecule has 27 heavy (non-hydrogen) atoms. The summed E-state index contributed by atoms with van der Waals surface area (Å²) in [6.07, 6.45) is 2.47. The minimum absolute atomic E-state index is 0.166. The van der Waals surface area contributed by atoms with Gasteiger partial charge in [0.05, 0.1) is 7.11 Å². The highest BCUT2D eigenvalue weighted by atomic mass is 16.6. The molecule has 1 aliphatic rings. The molecule has 1 saturated carbocycles. The zero-order chi connectivity index (χ0) is 20.8. The number of hydrogen-bond acceptors (Lipinski definition) is 6. The van der Waals surface area contributed by atoms with Crippen molar-refractivity contribution in [2.75, 3.05) is 13.7 Å². The lowest BCUT2D eigenvalue weighted by molar-refractivity contribution is -0.142. The predicted molar refractivity (Wildman–Crippen MR) is 101 cm³/mol. The van der Waals surface area contributed by atoms with Crippen LogP contribution in [0.15, 0.2) is 0 Å². The van der Waals surface area contributed by atoms with Crippen LogP contribution in [-0.2, 0) is 19.0 Å². The van der Waals surface area contributed by atoms with Gasteiger partial charge in [0.25, 0.3) is 0 Å². The molecule has 0 N–H and O–H groups in total. The summed E-state index contributed by atoms with van der Waals surface area (Å²) in [4.78, 5) is 37.6. The molecule has 0 spiro atoms. The molecule has 7 heteroatoms. The van der Waals surface area contributed by atoms with E-state index in [1.165, 1.54) is 7.11 Å². The topological polar surface area (TPSA) is 82.1 Å². The van der Waals surface area contributed by atoms with Crippen molar-refractivity contribution in [3.63, 3.8) is 0 Å². The first-order valence-electron chi connectivity index (χ1n) is 9.61. The molecule has 0 unspecified atom stereocenters. The van der Waals surface area contributed by atoms with E-state index in [2.05, 4.69) is 0 Å². The van der Waals surface area contributed by atoms with Gasteiger partial charge in [-0.25, -0.2) is 14.5 Å². The Kier molecular flexibility index (Phi) is 8.11. The summed E-state index contributed by atoms with van der Waals surface area (Å²) < 4.78 is 15.5. The molecule has 0 aromatic heterocycles. The number of amides is 2. The maximum Gasteiger partial charge on any atom is 0.419 e. The zero-order valence-electron chi connectivity index (χ0n) is 17.8. The third-order valence-corrected chi connectivity index (χ3v) is 4.32. The highest BCUT2D eigenvalue weighted by molar-refractivity contribution is 5.88. The fraction of sp³-hybridized carbons (Fsp3) is 0.850. The summed E-state index contributed by atoms with van der Waals surface area (Å²) in [5.74, 6) is 0.270. The predicted octanol–water partition coefficient (Wildman–Crippen LogP) is 4.53. The van der Waals surface area contributed by atoms with Crippen molar-refractivity contribution in [3.05, 3.63) is 0 Å². The van der Waals surface area contributed by atoms with Crippen LogP contribution in [0.25, 0.3) is 0 Å². The van der Waals surface area contributed by atoms with Crippen molar-refractivity contribution >= 4 is 18.2 Å². The molecule has 156 valence electrons. The Balaban J connectivity index is 2.73. The number of hydrogen-bond donors (Lipinski definition) is 0. The van der Waals surface area contributed by atoms with Crippen LogP contribution in [0.5, 0.6) is 0 Å². The molecule has 0 saturated heterocycles. The largest absolute Gasteiger partial charge is 0.469 e. The van der Waals surface area contributed by atoms with E-state index < -0.39 is 23.4 Å². The van der Waals surface area contributed by atoms with Crippen LogP contribution < -0.4 is 0 Å². The van der Waals surface area contributed by atoms with E-state index in [0.29, 0.717) is 12.3 Å². The average molecular weight is 386 g/mol. The molecule has 1 fully saturated rings. The highest BCUT2D eigenvalue weighted by Gasteiger charge is 2.34. The van der Waals surface area contributed by atoms with Gasteiger partial charge >= 0.3 is 18.2 Å². The van der Waals surface area contributed by atoms with Gasteiger partial charge in [0.1, 0.15) is 11.2 Å². The van der Waals surface area contributed by atoms with Gasteiger partial charge in [0.15, 0.2) is 0 Å². The van der Waals surface area contributed by atoms with E-state index in [1.54, 1.807) is 41.5 Å². The van der Waals surface area contributed by atoms with Gasteiger partial charge < -0.3 is 14.2 Å². The van der Waals surface area contributed by atoms with Gasteiger partial charge in [-0.1, -0.05) is 0 Å². The summed E-state index contributed by atoms with van der Waals surface area (Å²) >= 11 is 0. The summed E-state index contributed by atoms with van der Waals surface area (Å²) in [7, 11) is 1.40. The second kappa shape index (κ2) is 9.42.